The van der Waals surface area contributed by atoms with Gasteiger partial charge in [0.2, 0.25) is 5.91 Å². The molecule has 1 aromatic rings. The van der Waals surface area contributed by atoms with Crippen LogP contribution in [0.2, 0.25) is 4.34 Å². The summed E-state index contributed by atoms with van der Waals surface area (Å²) in [5.74, 6) is -0.250. The van der Waals surface area contributed by atoms with Gasteiger partial charge in [0.25, 0.3) is 5.91 Å². The van der Waals surface area contributed by atoms with Gasteiger partial charge in [-0.25, -0.2) is 0 Å². The van der Waals surface area contributed by atoms with Gasteiger partial charge < -0.3 is 15.5 Å². The Labute approximate surface area is 120 Å². The third-order valence-electron chi connectivity index (χ3n) is 2.94. The molecule has 0 aliphatic carbocycles. The van der Waals surface area contributed by atoms with Gasteiger partial charge in [0.15, 0.2) is 0 Å². The SMILES string of the molecule is CCNC(=O)C1CNCCN1C(=O)c1ccc(Cl)s1. The van der Waals surface area contributed by atoms with E-state index >= 15 is 0 Å². The maximum atomic E-state index is 12.4. The summed E-state index contributed by atoms with van der Waals surface area (Å²) in [4.78, 5) is 26.6. The molecule has 0 bridgehead atoms. The summed E-state index contributed by atoms with van der Waals surface area (Å²) in [6, 6.07) is 2.94. The molecular formula is C12H16ClN3O2S. The first kappa shape index (κ1) is 14.3. The van der Waals surface area contributed by atoms with E-state index < -0.39 is 6.04 Å². The minimum Gasteiger partial charge on any atom is -0.355 e. The number of hydrogen-bond donors (Lipinski definition) is 2. The van der Waals surface area contributed by atoms with Crippen molar-refractivity contribution in [1.82, 2.24) is 15.5 Å². The summed E-state index contributed by atoms with van der Waals surface area (Å²) in [7, 11) is 0. The normalized spacial score (nSPS) is 19.3. The average molecular weight is 302 g/mol. The number of hydrogen-bond acceptors (Lipinski definition) is 4. The van der Waals surface area contributed by atoms with E-state index in [1.807, 2.05) is 6.92 Å². The minimum atomic E-state index is -0.456. The van der Waals surface area contributed by atoms with Crippen molar-refractivity contribution < 1.29 is 9.59 Å². The lowest BCUT2D eigenvalue weighted by Crippen LogP contribution is -2.59. The summed E-state index contributed by atoms with van der Waals surface area (Å²) in [6.45, 7) is 4.12. The molecule has 1 aliphatic heterocycles. The molecule has 0 spiro atoms. The van der Waals surface area contributed by atoms with Crippen molar-refractivity contribution in [2.45, 2.75) is 13.0 Å². The summed E-state index contributed by atoms with van der Waals surface area (Å²) < 4.78 is 0.577. The van der Waals surface area contributed by atoms with Gasteiger partial charge in [-0.2, -0.15) is 0 Å². The van der Waals surface area contributed by atoms with Crippen molar-refractivity contribution in [2.24, 2.45) is 0 Å². The van der Waals surface area contributed by atoms with Crippen molar-refractivity contribution in [1.29, 1.82) is 0 Å². The quantitative estimate of drug-likeness (QED) is 0.874. The van der Waals surface area contributed by atoms with Gasteiger partial charge in [0, 0.05) is 26.2 Å². The Hall–Kier alpha value is -1.11. The van der Waals surface area contributed by atoms with E-state index in [4.69, 9.17) is 11.6 Å². The summed E-state index contributed by atoms with van der Waals surface area (Å²) in [6.07, 6.45) is 0. The highest BCUT2D eigenvalue weighted by atomic mass is 35.5. The molecule has 104 valence electrons. The Morgan fingerprint density at radius 3 is 3.00 bits per heavy atom. The second-order valence-corrected chi connectivity index (χ2v) is 5.93. The first-order valence-corrected chi connectivity index (χ1v) is 7.37. The van der Waals surface area contributed by atoms with Crippen LogP contribution in [-0.4, -0.2) is 48.9 Å². The number of piperazine rings is 1. The maximum Gasteiger partial charge on any atom is 0.264 e. The molecule has 1 unspecified atom stereocenters. The lowest BCUT2D eigenvalue weighted by atomic mass is 10.1. The Balaban J connectivity index is 2.15. The van der Waals surface area contributed by atoms with Crippen LogP contribution < -0.4 is 10.6 Å². The van der Waals surface area contributed by atoms with Crippen molar-refractivity contribution in [3.8, 4) is 0 Å². The monoisotopic (exact) mass is 301 g/mol. The van der Waals surface area contributed by atoms with Crippen LogP contribution in [-0.2, 0) is 4.79 Å². The van der Waals surface area contributed by atoms with Crippen LogP contribution in [0.3, 0.4) is 0 Å². The van der Waals surface area contributed by atoms with E-state index in [1.54, 1.807) is 17.0 Å². The lowest BCUT2D eigenvalue weighted by molar-refractivity contribution is -0.126. The fourth-order valence-electron chi connectivity index (χ4n) is 2.04. The molecule has 1 saturated heterocycles. The number of rotatable bonds is 3. The Kier molecular flexibility index (Phi) is 4.79. The largest absolute Gasteiger partial charge is 0.355 e. The molecule has 0 saturated carbocycles. The number of thiophene rings is 1. The summed E-state index contributed by atoms with van der Waals surface area (Å²) in [5, 5.41) is 5.90. The number of likely N-dealkylation sites (N-methyl/N-ethyl adjacent to an activating group) is 1. The van der Waals surface area contributed by atoms with Crippen LogP contribution in [0.15, 0.2) is 12.1 Å². The van der Waals surface area contributed by atoms with Crippen LogP contribution in [0.5, 0.6) is 0 Å². The van der Waals surface area contributed by atoms with Crippen molar-refractivity contribution in [3.05, 3.63) is 21.3 Å². The van der Waals surface area contributed by atoms with Crippen LogP contribution in [0.25, 0.3) is 0 Å². The number of halogens is 1. The Morgan fingerprint density at radius 2 is 2.37 bits per heavy atom. The van der Waals surface area contributed by atoms with Gasteiger partial charge >= 0.3 is 0 Å². The average Bonchev–Trinajstić information content (AvgIpc) is 2.85. The molecule has 1 aromatic heterocycles. The van der Waals surface area contributed by atoms with Crippen LogP contribution in [0, 0.1) is 0 Å². The van der Waals surface area contributed by atoms with E-state index in [0.29, 0.717) is 35.4 Å². The van der Waals surface area contributed by atoms with Crippen molar-refractivity contribution in [3.63, 3.8) is 0 Å². The zero-order chi connectivity index (χ0) is 13.8. The molecule has 1 fully saturated rings. The second-order valence-electron chi connectivity index (χ2n) is 4.22. The van der Waals surface area contributed by atoms with Crippen molar-refractivity contribution >= 4 is 34.8 Å². The topological polar surface area (TPSA) is 61.4 Å². The van der Waals surface area contributed by atoms with Gasteiger partial charge in [-0.05, 0) is 19.1 Å². The molecule has 19 heavy (non-hydrogen) atoms. The highest BCUT2D eigenvalue weighted by Gasteiger charge is 2.32. The molecule has 2 heterocycles. The second kappa shape index (κ2) is 6.36. The third-order valence-corrected chi connectivity index (χ3v) is 4.16. The van der Waals surface area contributed by atoms with E-state index in [-0.39, 0.29) is 11.8 Å². The van der Waals surface area contributed by atoms with Crippen LogP contribution >= 0.6 is 22.9 Å². The van der Waals surface area contributed by atoms with Gasteiger partial charge in [-0.3, -0.25) is 9.59 Å². The van der Waals surface area contributed by atoms with Crippen LogP contribution in [0.4, 0.5) is 0 Å². The first-order chi connectivity index (χ1) is 9.13. The predicted molar refractivity (Wildman–Crippen MR) is 75.7 cm³/mol. The minimum absolute atomic E-state index is 0.120. The molecule has 5 nitrogen and oxygen atoms in total. The molecule has 2 N–H and O–H groups in total. The predicted octanol–water partition coefficient (Wildman–Crippen LogP) is 0.952. The summed E-state index contributed by atoms with van der Waals surface area (Å²) >= 11 is 7.09. The molecule has 7 heteroatoms. The molecule has 0 radical (unpaired) electrons. The number of carbonyl (C=O) groups is 2. The van der Waals surface area contributed by atoms with Crippen LogP contribution in [0.1, 0.15) is 16.6 Å². The molecule has 0 aromatic carbocycles. The third kappa shape index (κ3) is 3.26. The van der Waals surface area contributed by atoms with Crippen molar-refractivity contribution in [2.75, 3.05) is 26.2 Å². The first-order valence-electron chi connectivity index (χ1n) is 6.18. The fraction of sp³-hybridized carbons (Fsp3) is 0.500. The highest BCUT2D eigenvalue weighted by Crippen LogP contribution is 2.23. The number of carbonyl (C=O) groups excluding carboxylic acids is 2. The Morgan fingerprint density at radius 1 is 1.58 bits per heavy atom. The Bertz CT molecular complexity index is 477. The standard InChI is InChI=1S/C12H16ClN3O2S/c1-2-15-11(17)8-7-14-5-6-16(8)12(18)9-3-4-10(13)19-9/h3-4,8,14H,2,5-7H2,1H3,(H,15,17). The molecule has 1 aliphatic rings. The molecule has 2 amide bonds. The van der Waals surface area contributed by atoms with E-state index in [1.165, 1.54) is 11.3 Å². The van der Waals surface area contributed by atoms with E-state index in [0.717, 1.165) is 0 Å². The number of nitrogens with zero attached hydrogens (tertiary/aromatic N) is 1. The van der Waals surface area contributed by atoms with Gasteiger partial charge in [0.1, 0.15) is 6.04 Å². The smallest absolute Gasteiger partial charge is 0.264 e. The lowest BCUT2D eigenvalue weighted by Gasteiger charge is -2.34. The van der Waals surface area contributed by atoms with Gasteiger partial charge in [-0.1, -0.05) is 11.6 Å². The molecule has 1 atom stereocenters. The molecular weight excluding hydrogens is 286 g/mol. The van der Waals surface area contributed by atoms with Gasteiger partial charge in [0.05, 0.1) is 9.21 Å². The van der Waals surface area contributed by atoms with E-state index in [9.17, 15) is 9.59 Å². The number of amides is 2. The highest BCUT2D eigenvalue weighted by molar-refractivity contribution is 7.17. The van der Waals surface area contributed by atoms with Gasteiger partial charge in [-0.15, -0.1) is 11.3 Å². The van der Waals surface area contributed by atoms with E-state index in [2.05, 4.69) is 10.6 Å². The zero-order valence-electron chi connectivity index (χ0n) is 10.6. The fourth-order valence-corrected chi connectivity index (χ4v) is 3.04. The maximum absolute atomic E-state index is 12.4. The summed E-state index contributed by atoms with van der Waals surface area (Å²) in [5.41, 5.74) is 0. The number of nitrogens with one attached hydrogen (secondary N) is 2. The molecule has 2 rings (SSSR count). The zero-order valence-corrected chi connectivity index (χ0v) is 12.2.